The lowest BCUT2D eigenvalue weighted by molar-refractivity contribution is 0.548. The van der Waals surface area contributed by atoms with Crippen LogP contribution in [0.2, 0.25) is 0 Å². The van der Waals surface area contributed by atoms with Crippen molar-refractivity contribution < 1.29 is 0 Å². The number of anilines is 1. The van der Waals surface area contributed by atoms with Crippen LogP contribution in [0.3, 0.4) is 0 Å². The van der Waals surface area contributed by atoms with Gasteiger partial charge in [-0.3, -0.25) is 4.79 Å². The molecule has 4 nitrogen and oxygen atoms in total. The van der Waals surface area contributed by atoms with Gasteiger partial charge in [0.15, 0.2) is 5.82 Å². The lowest BCUT2D eigenvalue weighted by Crippen LogP contribution is -2.35. The van der Waals surface area contributed by atoms with Gasteiger partial charge in [-0.25, -0.2) is 4.98 Å². The molecule has 16 heavy (non-hydrogen) atoms. The Balaban J connectivity index is 2.37. The summed E-state index contributed by atoms with van der Waals surface area (Å²) in [6, 6.07) is 0.257. The summed E-state index contributed by atoms with van der Waals surface area (Å²) in [5.74, 6) is 1.78. The second-order valence-electron chi connectivity index (χ2n) is 4.05. The van der Waals surface area contributed by atoms with Gasteiger partial charge in [-0.1, -0.05) is 6.92 Å². The Morgan fingerprint density at radius 1 is 1.75 bits per heavy atom. The van der Waals surface area contributed by atoms with Crippen molar-refractivity contribution in [1.82, 2.24) is 9.97 Å². The molecule has 0 spiro atoms. The molecule has 2 atom stereocenters. The zero-order valence-electron chi connectivity index (χ0n) is 8.91. The standard InChI is InChI=1S/C10H13BrClN3O/c1-6-2-3-15(7(6)4-12)9-8(11)10(16)14-5-13-9/h5-7H,2-4H2,1H3,(H,13,14,16). The van der Waals surface area contributed by atoms with E-state index < -0.39 is 0 Å². The van der Waals surface area contributed by atoms with Crippen LogP contribution in [0.1, 0.15) is 13.3 Å². The summed E-state index contributed by atoms with van der Waals surface area (Å²) in [6.45, 7) is 3.07. The molecule has 1 aliphatic rings. The molecule has 2 unspecified atom stereocenters. The average Bonchev–Trinajstić information content (AvgIpc) is 2.63. The second kappa shape index (κ2) is 4.75. The molecule has 0 radical (unpaired) electrons. The van der Waals surface area contributed by atoms with Crippen molar-refractivity contribution in [3.63, 3.8) is 0 Å². The van der Waals surface area contributed by atoms with Gasteiger partial charge >= 0.3 is 0 Å². The maximum atomic E-state index is 11.5. The van der Waals surface area contributed by atoms with Gasteiger partial charge < -0.3 is 9.88 Å². The van der Waals surface area contributed by atoms with E-state index in [9.17, 15) is 4.79 Å². The molecule has 1 aromatic rings. The van der Waals surface area contributed by atoms with E-state index in [1.165, 1.54) is 6.33 Å². The summed E-state index contributed by atoms with van der Waals surface area (Å²) >= 11 is 9.24. The zero-order valence-corrected chi connectivity index (χ0v) is 11.3. The predicted molar refractivity (Wildman–Crippen MR) is 68.2 cm³/mol. The van der Waals surface area contributed by atoms with Gasteiger partial charge in [0.25, 0.3) is 5.56 Å². The quantitative estimate of drug-likeness (QED) is 0.850. The van der Waals surface area contributed by atoms with Crippen LogP contribution >= 0.6 is 27.5 Å². The number of hydrogen-bond donors (Lipinski definition) is 1. The van der Waals surface area contributed by atoms with Crippen molar-refractivity contribution >= 4 is 33.3 Å². The number of nitrogens with one attached hydrogen (secondary N) is 1. The van der Waals surface area contributed by atoms with E-state index in [-0.39, 0.29) is 11.6 Å². The predicted octanol–water partition coefficient (Wildman–Crippen LogP) is 1.99. The summed E-state index contributed by atoms with van der Waals surface area (Å²) < 4.78 is 0.485. The van der Waals surface area contributed by atoms with E-state index in [1.807, 2.05) is 0 Å². The summed E-state index contributed by atoms with van der Waals surface area (Å²) in [7, 11) is 0. The van der Waals surface area contributed by atoms with Crippen LogP contribution in [0.25, 0.3) is 0 Å². The Labute approximate surface area is 107 Å². The first-order chi connectivity index (χ1) is 7.65. The van der Waals surface area contributed by atoms with E-state index in [0.717, 1.165) is 13.0 Å². The van der Waals surface area contributed by atoms with Crippen LogP contribution in [-0.2, 0) is 0 Å². The van der Waals surface area contributed by atoms with Crippen LogP contribution < -0.4 is 10.5 Å². The van der Waals surface area contributed by atoms with Crippen LogP contribution in [0.5, 0.6) is 0 Å². The lowest BCUT2D eigenvalue weighted by atomic mass is 10.1. The Morgan fingerprint density at radius 3 is 3.19 bits per heavy atom. The minimum absolute atomic E-state index is 0.155. The topological polar surface area (TPSA) is 49.0 Å². The van der Waals surface area contributed by atoms with Crippen molar-refractivity contribution in [3.05, 3.63) is 21.2 Å². The molecule has 1 N–H and O–H groups in total. The molecule has 0 bridgehead atoms. The van der Waals surface area contributed by atoms with Gasteiger partial charge in [0.05, 0.1) is 6.33 Å². The van der Waals surface area contributed by atoms with Gasteiger partial charge in [0, 0.05) is 18.5 Å². The monoisotopic (exact) mass is 305 g/mol. The Bertz CT molecular complexity index is 436. The first kappa shape index (κ1) is 11.9. The number of halogens is 2. The molecule has 0 aromatic carbocycles. The van der Waals surface area contributed by atoms with Gasteiger partial charge in [-0.15, -0.1) is 11.6 Å². The maximum Gasteiger partial charge on any atom is 0.267 e. The van der Waals surface area contributed by atoms with Crippen molar-refractivity contribution in [2.24, 2.45) is 5.92 Å². The molecular weight excluding hydrogens is 293 g/mol. The fraction of sp³-hybridized carbons (Fsp3) is 0.600. The highest BCUT2D eigenvalue weighted by Crippen LogP contribution is 2.31. The minimum atomic E-state index is -0.155. The molecule has 0 aliphatic carbocycles. The smallest absolute Gasteiger partial charge is 0.267 e. The van der Waals surface area contributed by atoms with Crippen LogP contribution in [0.15, 0.2) is 15.6 Å². The van der Waals surface area contributed by atoms with E-state index in [2.05, 4.69) is 37.7 Å². The van der Waals surface area contributed by atoms with Gasteiger partial charge in [0.2, 0.25) is 0 Å². The summed E-state index contributed by atoms with van der Waals surface area (Å²) in [5.41, 5.74) is -0.155. The molecule has 1 aromatic heterocycles. The first-order valence-electron chi connectivity index (χ1n) is 5.21. The third-order valence-corrected chi connectivity index (χ3v) is 4.12. The van der Waals surface area contributed by atoms with Crippen LogP contribution in [0.4, 0.5) is 5.82 Å². The van der Waals surface area contributed by atoms with Crippen LogP contribution in [-0.4, -0.2) is 28.4 Å². The maximum absolute atomic E-state index is 11.5. The number of hydrogen-bond acceptors (Lipinski definition) is 3. The van der Waals surface area contributed by atoms with E-state index in [0.29, 0.717) is 22.1 Å². The zero-order chi connectivity index (χ0) is 11.7. The number of aromatic amines is 1. The Morgan fingerprint density at radius 2 is 2.50 bits per heavy atom. The fourth-order valence-electron chi connectivity index (χ4n) is 2.08. The second-order valence-corrected chi connectivity index (χ2v) is 5.15. The highest BCUT2D eigenvalue weighted by Gasteiger charge is 2.32. The van der Waals surface area contributed by atoms with E-state index in [4.69, 9.17) is 11.6 Å². The number of nitrogens with zero attached hydrogens (tertiary/aromatic N) is 2. The van der Waals surface area contributed by atoms with Gasteiger partial charge in [-0.2, -0.15) is 0 Å². The normalized spacial score (nSPS) is 25.1. The lowest BCUT2D eigenvalue weighted by Gasteiger charge is -2.26. The van der Waals surface area contributed by atoms with Crippen LogP contribution in [0, 0.1) is 5.92 Å². The highest BCUT2D eigenvalue weighted by atomic mass is 79.9. The van der Waals surface area contributed by atoms with Gasteiger partial charge in [-0.05, 0) is 28.3 Å². The number of alkyl halides is 1. The molecule has 1 saturated heterocycles. The fourth-order valence-corrected chi connectivity index (χ4v) is 3.00. The summed E-state index contributed by atoms with van der Waals surface area (Å²) in [6.07, 6.45) is 2.51. The molecule has 88 valence electrons. The molecule has 2 rings (SSSR count). The third kappa shape index (κ3) is 1.98. The molecule has 0 amide bonds. The Hall–Kier alpha value is -0.550. The molecule has 2 heterocycles. The summed E-state index contributed by atoms with van der Waals surface area (Å²) in [4.78, 5) is 20.3. The molecule has 6 heteroatoms. The van der Waals surface area contributed by atoms with Crippen molar-refractivity contribution in [2.75, 3.05) is 17.3 Å². The number of rotatable bonds is 2. The van der Waals surface area contributed by atoms with Gasteiger partial charge in [0.1, 0.15) is 4.47 Å². The minimum Gasteiger partial charge on any atom is -0.351 e. The molecule has 0 saturated carbocycles. The van der Waals surface area contributed by atoms with Crippen molar-refractivity contribution in [3.8, 4) is 0 Å². The number of H-pyrrole nitrogens is 1. The van der Waals surface area contributed by atoms with E-state index >= 15 is 0 Å². The Kier molecular flexibility index (Phi) is 3.54. The summed E-state index contributed by atoms with van der Waals surface area (Å²) in [5, 5.41) is 0. The highest BCUT2D eigenvalue weighted by molar-refractivity contribution is 9.10. The van der Waals surface area contributed by atoms with Crippen molar-refractivity contribution in [1.29, 1.82) is 0 Å². The SMILES string of the molecule is CC1CCN(c2nc[nH]c(=O)c2Br)C1CCl. The third-order valence-electron chi connectivity index (χ3n) is 3.09. The largest absolute Gasteiger partial charge is 0.351 e. The van der Waals surface area contributed by atoms with Crippen molar-refractivity contribution in [2.45, 2.75) is 19.4 Å². The number of aromatic nitrogens is 2. The average molecular weight is 307 g/mol. The van der Waals surface area contributed by atoms with E-state index in [1.54, 1.807) is 0 Å². The first-order valence-corrected chi connectivity index (χ1v) is 6.53. The molecule has 1 aliphatic heterocycles. The molecule has 1 fully saturated rings. The molecular formula is C10H13BrClN3O.